The number of rotatable bonds is 1. The van der Waals surface area contributed by atoms with Gasteiger partial charge in [0.15, 0.2) is 0 Å². The van der Waals surface area contributed by atoms with Crippen molar-refractivity contribution in [2.75, 3.05) is 19.6 Å². The van der Waals surface area contributed by atoms with Gasteiger partial charge >= 0.3 is 6.09 Å². The molecule has 0 saturated carbocycles. The molecule has 0 aliphatic carbocycles. The summed E-state index contributed by atoms with van der Waals surface area (Å²) in [4.78, 5) is 27.7. The molecule has 1 unspecified atom stereocenters. The Bertz CT molecular complexity index is 381. The predicted molar refractivity (Wildman–Crippen MR) is 76.3 cm³/mol. The Kier molecular flexibility index (Phi) is 4.25. The molecule has 0 N–H and O–H groups in total. The van der Waals surface area contributed by atoms with E-state index in [0.29, 0.717) is 31.5 Å². The van der Waals surface area contributed by atoms with Crippen molar-refractivity contribution in [3.8, 4) is 0 Å². The van der Waals surface area contributed by atoms with Gasteiger partial charge in [-0.05, 0) is 39.5 Å². The summed E-state index contributed by atoms with van der Waals surface area (Å²) < 4.78 is 5.38. The van der Waals surface area contributed by atoms with E-state index in [1.807, 2.05) is 25.7 Å². The smallest absolute Gasteiger partial charge is 0.410 e. The Morgan fingerprint density at radius 3 is 2.30 bits per heavy atom. The summed E-state index contributed by atoms with van der Waals surface area (Å²) in [7, 11) is 0. The minimum atomic E-state index is -0.450. The lowest BCUT2D eigenvalue weighted by Crippen LogP contribution is -2.48. The average Bonchev–Trinajstić information content (AvgIpc) is 2.66. The van der Waals surface area contributed by atoms with Gasteiger partial charge in [0.25, 0.3) is 0 Å². The second-order valence-corrected chi connectivity index (χ2v) is 7.05. The van der Waals surface area contributed by atoms with Gasteiger partial charge in [-0.1, -0.05) is 6.92 Å². The van der Waals surface area contributed by atoms with Crippen LogP contribution in [-0.4, -0.2) is 53.1 Å². The van der Waals surface area contributed by atoms with Crippen LogP contribution in [0.2, 0.25) is 0 Å². The molecule has 2 amide bonds. The van der Waals surface area contributed by atoms with Gasteiger partial charge in [0.1, 0.15) is 5.60 Å². The number of ether oxygens (including phenoxy) is 1. The SMILES string of the molecule is CC1CC(=O)N(C2CCN(C(=O)OC(C)(C)C)CC2)C1. The lowest BCUT2D eigenvalue weighted by Gasteiger charge is -2.37. The van der Waals surface area contributed by atoms with Crippen LogP contribution in [0, 0.1) is 5.92 Å². The van der Waals surface area contributed by atoms with Gasteiger partial charge in [0.2, 0.25) is 5.91 Å². The summed E-state index contributed by atoms with van der Waals surface area (Å²) in [6, 6.07) is 0.297. The molecule has 2 heterocycles. The van der Waals surface area contributed by atoms with E-state index in [9.17, 15) is 9.59 Å². The largest absolute Gasteiger partial charge is 0.444 e. The number of hydrogen-bond acceptors (Lipinski definition) is 3. The van der Waals surface area contributed by atoms with Crippen LogP contribution in [-0.2, 0) is 9.53 Å². The number of carbonyl (C=O) groups excluding carboxylic acids is 2. The Labute approximate surface area is 121 Å². The maximum atomic E-state index is 12.0. The Morgan fingerprint density at radius 1 is 1.25 bits per heavy atom. The van der Waals surface area contributed by atoms with Gasteiger partial charge in [-0.25, -0.2) is 4.79 Å². The fourth-order valence-electron chi connectivity index (χ4n) is 2.96. The number of carbonyl (C=O) groups is 2. The van der Waals surface area contributed by atoms with Crippen LogP contribution in [0.25, 0.3) is 0 Å². The van der Waals surface area contributed by atoms with E-state index >= 15 is 0 Å². The van der Waals surface area contributed by atoms with Crippen molar-refractivity contribution in [3.63, 3.8) is 0 Å². The quantitative estimate of drug-likeness (QED) is 0.741. The van der Waals surface area contributed by atoms with Gasteiger partial charge in [-0.15, -0.1) is 0 Å². The minimum Gasteiger partial charge on any atom is -0.444 e. The molecule has 0 aromatic carbocycles. The number of likely N-dealkylation sites (tertiary alicyclic amines) is 2. The van der Waals surface area contributed by atoms with Crippen molar-refractivity contribution >= 4 is 12.0 Å². The predicted octanol–water partition coefficient (Wildman–Crippen LogP) is 2.25. The molecule has 2 saturated heterocycles. The highest BCUT2D eigenvalue weighted by Gasteiger charge is 2.35. The number of amides is 2. The number of piperidine rings is 1. The summed E-state index contributed by atoms with van der Waals surface area (Å²) in [5, 5.41) is 0. The van der Waals surface area contributed by atoms with E-state index in [1.165, 1.54) is 0 Å². The second kappa shape index (κ2) is 5.62. The van der Waals surface area contributed by atoms with Gasteiger partial charge in [-0.2, -0.15) is 0 Å². The van der Waals surface area contributed by atoms with Gasteiger partial charge < -0.3 is 14.5 Å². The lowest BCUT2D eigenvalue weighted by molar-refractivity contribution is -0.130. The van der Waals surface area contributed by atoms with Crippen molar-refractivity contribution in [2.24, 2.45) is 5.92 Å². The van der Waals surface area contributed by atoms with E-state index in [1.54, 1.807) is 4.90 Å². The molecule has 2 aliphatic rings. The van der Waals surface area contributed by atoms with E-state index in [2.05, 4.69) is 6.92 Å². The molecule has 0 spiro atoms. The van der Waals surface area contributed by atoms with Gasteiger partial charge in [0.05, 0.1) is 0 Å². The molecule has 2 rings (SSSR count). The first-order valence-corrected chi connectivity index (χ1v) is 7.53. The molecule has 0 aromatic heterocycles. The van der Waals surface area contributed by atoms with Crippen molar-refractivity contribution < 1.29 is 14.3 Å². The zero-order valence-corrected chi connectivity index (χ0v) is 13.0. The van der Waals surface area contributed by atoms with Gasteiger partial charge in [0, 0.05) is 32.1 Å². The zero-order valence-electron chi connectivity index (χ0n) is 13.0. The fraction of sp³-hybridized carbons (Fsp3) is 0.867. The van der Waals surface area contributed by atoms with Gasteiger partial charge in [-0.3, -0.25) is 4.79 Å². The summed E-state index contributed by atoms with van der Waals surface area (Å²) in [6.45, 7) is 9.98. The van der Waals surface area contributed by atoms with Crippen molar-refractivity contribution in [1.82, 2.24) is 9.80 Å². The Hall–Kier alpha value is -1.26. The molecular weight excluding hydrogens is 256 g/mol. The molecule has 2 fully saturated rings. The number of nitrogens with zero attached hydrogens (tertiary/aromatic N) is 2. The summed E-state index contributed by atoms with van der Waals surface area (Å²) in [5.74, 6) is 0.736. The van der Waals surface area contributed by atoms with Crippen LogP contribution in [0.15, 0.2) is 0 Å². The first kappa shape index (κ1) is 15.1. The van der Waals surface area contributed by atoms with Crippen LogP contribution < -0.4 is 0 Å². The molecule has 1 atom stereocenters. The maximum Gasteiger partial charge on any atom is 0.410 e. The summed E-state index contributed by atoms with van der Waals surface area (Å²) >= 11 is 0. The Balaban J connectivity index is 1.83. The van der Waals surface area contributed by atoms with Crippen LogP contribution in [0.4, 0.5) is 4.79 Å². The van der Waals surface area contributed by atoms with Crippen molar-refractivity contribution in [3.05, 3.63) is 0 Å². The van der Waals surface area contributed by atoms with Crippen LogP contribution in [0.3, 0.4) is 0 Å². The second-order valence-electron chi connectivity index (χ2n) is 7.05. The molecule has 114 valence electrons. The highest BCUT2D eigenvalue weighted by molar-refractivity contribution is 5.79. The first-order chi connectivity index (χ1) is 9.26. The van der Waals surface area contributed by atoms with E-state index in [4.69, 9.17) is 4.74 Å². The zero-order chi connectivity index (χ0) is 14.9. The minimum absolute atomic E-state index is 0.239. The third kappa shape index (κ3) is 3.64. The monoisotopic (exact) mass is 282 g/mol. The normalized spacial score (nSPS) is 25.2. The van der Waals surface area contributed by atoms with E-state index in [-0.39, 0.29) is 12.0 Å². The average molecular weight is 282 g/mol. The molecule has 5 heteroatoms. The van der Waals surface area contributed by atoms with Crippen LogP contribution >= 0.6 is 0 Å². The fourth-order valence-corrected chi connectivity index (χ4v) is 2.96. The highest BCUT2D eigenvalue weighted by Crippen LogP contribution is 2.25. The molecule has 2 aliphatic heterocycles. The van der Waals surface area contributed by atoms with Crippen LogP contribution in [0.1, 0.15) is 47.0 Å². The molecule has 0 bridgehead atoms. The first-order valence-electron chi connectivity index (χ1n) is 7.53. The van der Waals surface area contributed by atoms with Crippen molar-refractivity contribution in [1.29, 1.82) is 0 Å². The molecule has 5 nitrogen and oxygen atoms in total. The number of hydrogen-bond donors (Lipinski definition) is 0. The molecule has 20 heavy (non-hydrogen) atoms. The third-order valence-corrected chi connectivity index (χ3v) is 3.91. The lowest BCUT2D eigenvalue weighted by atomic mass is 10.0. The molecule has 0 aromatic rings. The summed E-state index contributed by atoms with van der Waals surface area (Å²) in [5.41, 5.74) is -0.450. The van der Waals surface area contributed by atoms with E-state index < -0.39 is 5.60 Å². The topological polar surface area (TPSA) is 49.9 Å². The molecular formula is C15H26N2O3. The molecule has 0 radical (unpaired) electrons. The van der Waals surface area contributed by atoms with E-state index in [0.717, 1.165) is 19.4 Å². The highest BCUT2D eigenvalue weighted by atomic mass is 16.6. The summed E-state index contributed by atoms with van der Waals surface area (Å²) in [6.07, 6.45) is 2.15. The van der Waals surface area contributed by atoms with Crippen molar-refractivity contribution in [2.45, 2.75) is 58.6 Å². The third-order valence-electron chi connectivity index (χ3n) is 3.91. The maximum absolute atomic E-state index is 12.0. The Morgan fingerprint density at radius 2 is 1.85 bits per heavy atom. The van der Waals surface area contributed by atoms with Crippen LogP contribution in [0.5, 0.6) is 0 Å². The standard InChI is InChI=1S/C15H26N2O3/c1-11-9-13(18)17(10-11)12-5-7-16(8-6-12)14(19)20-15(2,3)4/h11-12H,5-10H2,1-4H3.